The van der Waals surface area contributed by atoms with Gasteiger partial charge in [0.15, 0.2) is 0 Å². The summed E-state index contributed by atoms with van der Waals surface area (Å²) in [6.45, 7) is 4.07. The quantitative estimate of drug-likeness (QED) is 0.740. The van der Waals surface area contributed by atoms with E-state index in [2.05, 4.69) is 5.32 Å². The smallest absolute Gasteiger partial charge is 0.313 e. The molecule has 0 aliphatic carbocycles. The van der Waals surface area contributed by atoms with E-state index in [-0.39, 0.29) is 12.6 Å². The first-order valence-electron chi connectivity index (χ1n) is 5.48. The summed E-state index contributed by atoms with van der Waals surface area (Å²) in [6.07, 6.45) is -1.27. The predicted molar refractivity (Wildman–Crippen MR) is 53.5 cm³/mol. The Morgan fingerprint density at radius 3 is 2.40 bits per heavy atom. The Morgan fingerprint density at radius 1 is 1.33 bits per heavy atom. The molecule has 0 saturated carbocycles. The third-order valence-electron chi connectivity index (χ3n) is 2.78. The first kappa shape index (κ1) is 12.8. The first-order chi connectivity index (χ1) is 6.91. The summed E-state index contributed by atoms with van der Waals surface area (Å²) in [5, 5.41) is 3.13. The Morgan fingerprint density at radius 2 is 2.00 bits per heavy atom. The van der Waals surface area contributed by atoms with Crippen LogP contribution in [0.5, 0.6) is 0 Å². The molecule has 0 aromatic carbocycles. The van der Waals surface area contributed by atoms with Crippen LogP contribution in [0, 0.1) is 0 Å². The summed E-state index contributed by atoms with van der Waals surface area (Å²) in [7, 11) is 0. The molecule has 0 unspecified atom stereocenters. The lowest BCUT2D eigenvalue weighted by Gasteiger charge is -2.34. The number of piperidine rings is 1. The molecule has 1 aliphatic heterocycles. The average Bonchev–Trinajstić information content (AvgIpc) is 2.13. The Labute approximate surface area is 88.8 Å². The minimum absolute atomic E-state index is 0.0113. The van der Waals surface area contributed by atoms with Crippen LogP contribution in [0.2, 0.25) is 0 Å². The van der Waals surface area contributed by atoms with Crippen molar-refractivity contribution in [2.45, 2.75) is 51.5 Å². The third-order valence-corrected chi connectivity index (χ3v) is 2.78. The van der Waals surface area contributed by atoms with Crippen molar-refractivity contribution >= 4 is 0 Å². The molecule has 1 aliphatic rings. The highest BCUT2D eigenvalue weighted by Gasteiger charge is 2.39. The molecule has 1 fully saturated rings. The minimum Gasteiger partial charge on any atom is -0.313 e. The Hall–Kier alpha value is -0.290. The zero-order valence-corrected chi connectivity index (χ0v) is 9.27. The van der Waals surface area contributed by atoms with Gasteiger partial charge in [0.1, 0.15) is 0 Å². The van der Waals surface area contributed by atoms with E-state index in [4.69, 9.17) is 0 Å². The van der Waals surface area contributed by atoms with Crippen LogP contribution in [0.1, 0.15) is 33.1 Å². The number of halogens is 3. The van der Waals surface area contributed by atoms with E-state index in [1.807, 2.05) is 0 Å². The maximum absolute atomic E-state index is 12.6. The maximum atomic E-state index is 12.6. The molecule has 0 spiro atoms. The predicted octanol–water partition coefficient (Wildman–Crippen LogP) is 2.36. The molecule has 1 heterocycles. The van der Waals surface area contributed by atoms with Crippen molar-refractivity contribution in [1.82, 2.24) is 10.2 Å². The summed E-state index contributed by atoms with van der Waals surface area (Å²) in [5.74, 6) is 0. The van der Waals surface area contributed by atoms with Gasteiger partial charge in [0.25, 0.3) is 0 Å². The molecule has 5 heteroatoms. The summed E-state index contributed by atoms with van der Waals surface area (Å²) < 4.78 is 37.9. The Kier molecular flexibility index (Phi) is 4.40. The molecule has 1 rings (SSSR count). The van der Waals surface area contributed by atoms with E-state index in [1.165, 1.54) is 0 Å². The van der Waals surface area contributed by atoms with Crippen LogP contribution >= 0.6 is 0 Å². The van der Waals surface area contributed by atoms with Gasteiger partial charge in [0, 0.05) is 18.6 Å². The minimum atomic E-state index is -4.21. The van der Waals surface area contributed by atoms with E-state index >= 15 is 0 Å². The molecular formula is C10H19F3N2. The van der Waals surface area contributed by atoms with E-state index in [0.717, 1.165) is 25.8 Å². The van der Waals surface area contributed by atoms with Crippen molar-refractivity contribution in [3.05, 3.63) is 0 Å². The van der Waals surface area contributed by atoms with Crippen LogP contribution in [-0.4, -0.2) is 36.4 Å². The van der Waals surface area contributed by atoms with Gasteiger partial charge in [0.2, 0.25) is 0 Å². The summed E-state index contributed by atoms with van der Waals surface area (Å²) >= 11 is 0. The van der Waals surface area contributed by atoms with Crippen LogP contribution in [0.25, 0.3) is 0 Å². The van der Waals surface area contributed by atoms with E-state index in [9.17, 15) is 13.2 Å². The number of nitrogens with one attached hydrogen (secondary N) is 1. The lowest BCUT2D eigenvalue weighted by Crippen LogP contribution is -2.51. The summed E-state index contributed by atoms with van der Waals surface area (Å²) in [5.41, 5.74) is 0. The summed E-state index contributed by atoms with van der Waals surface area (Å²) in [6, 6.07) is -0.503. The number of alkyl halides is 3. The highest BCUT2D eigenvalue weighted by Crippen LogP contribution is 2.25. The van der Waals surface area contributed by atoms with Gasteiger partial charge in [-0.3, -0.25) is 0 Å². The van der Waals surface area contributed by atoms with E-state index in [1.54, 1.807) is 13.8 Å². The van der Waals surface area contributed by atoms with Gasteiger partial charge in [-0.15, -0.1) is 0 Å². The highest BCUT2D eigenvalue weighted by atomic mass is 19.4. The zero-order valence-electron chi connectivity index (χ0n) is 9.27. The van der Waals surface area contributed by atoms with Crippen molar-refractivity contribution in [2.24, 2.45) is 0 Å². The monoisotopic (exact) mass is 224 g/mol. The molecular weight excluding hydrogens is 205 g/mol. The fourth-order valence-corrected chi connectivity index (χ4v) is 1.92. The van der Waals surface area contributed by atoms with Crippen LogP contribution in [0.15, 0.2) is 0 Å². The Balaban J connectivity index is 2.50. The zero-order chi connectivity index (χ0) is 11.5. The molecule has 90 valence electrons. The van der Waals surface area contributed by atoms with E-state index in [0.29, 0.717) is 4.90 Å². The lowest BCUT2D eigenvalue weighted by molar-refractivity contribution is -0.257. The SMILES string of the molecule is CC(C)N(C[C@H]1CCCCN1)C(F)(F)F. The molecule has 2 nitrogen and oxygen atoms in total. The van der Waals surface area contributed by atoms with Crippen molar-refractivity contribution in [2.75, 3.05) is 13.1 Å². The second kappa shape index (κ2) is 5.16. The second-order valence-corrected chi connectivity index (χ2v) is 4.36. The van der Waals surface area contributed by atoms with Gasteiger partial charge in [-0.1, -0.05) is 6.42 Å². The average molecular weight is 224 g/mol. The number of hydrogen-bond acceptors (Lipinski definition) is 2. The highest BCUT2D eigenvalue weighted by molar-refractivity contribution is 4.78. The first-order valence-corrected chi connectivity index (χ1v) is 5.48. The van der Waals surface area contributed by atoms with Crippen molar-refractivity contribution in [3.8, 4) is 0 Å². The molecule has 15 heavy (non-hydrogen) atoms. The van der Waals surface area contributed by atoms with Crippen molar-refractivity contribution in [3.63, 3.8) is 0 Å². The second-order valence-electron chi connectivity index (χ2n) is 4.36. The number of rotatable bonds is 3. The van der Waals surface area contributed by atoms with Crippen molar-refractivity contribution in [1.29, 1.82) is 0 Å². The molecule has 1 N–H and O–H groups in total. The van der Waals surface area contributed by atoms with Gasteiger partial charge in [-0.25, -0.2) is 4.90 Å². The lowest BCUT2D eigenvalue weighted by atomic mass is 10.0. The largest absolute Gasteiger partial charge is 0.460 e. The third kappa shape index (κ3) is 3.99. The van der Waals surface area contributed by atoms with E-state index < -0.39 is 12.3 Å². The Bertz CT molecular complexity index is 186. The molecule has 1 atom stereocenters. The van der Waals surface area contributed by atoms with Gasteiger partial charge in [-0.2, -0.15) is 13.2 Å². The fourth-order valence-electron chi connectivity index (χ4n) is 1.92. The molecule has 0 aromatic rings. The van der Waals surface area contributed by atoms with Gasteiger partial charge >= 0.3 is 6.30 Å². The van der Waals surface area contributed by atoms with Gasteiger partial charge < -0.3 is 5.32 Å². The molecule has 0 aromatic heterocycles. The standard InChI is InChI=1S/C10H19F3N2/c1-8(2)15(10(11,12)13)7-9-5-3-4-6-14-9/h8-9,14H,3-7H2,1-2H3/t9-/m1/s1. The van der Waals surface area contributed by atoms with Crippen LogP contribution in [0.4, 0.5) is 13.2 Å². The molecule has 0 bridgehead atoms. The molecule has 1 saturated heterocycles. The van der Waals surface area contributed by atoms with Gasteiger partial charge in [0.05, 0.1) is 0 Å². The number of nitrogens with zero attached hydrogens (tertiary/aromatic N) is 1. The van der Waals surface area contributed by atoms with Crippen LogP contribution in [0.3, 0.4) is 0 Å². The fraction of sp³-hybridized carbons (Fsp3) is 1.00. The topological polar surface area (TPSA) is 15.3 Å². The normalized spacial score (nSPS) is 23.8. The van der Waals surface area contributed by atoms with Crippen LogP contribution < -0.4 is 5.32 Å². The summed E-state index contributed by atoms with van der Waals surface area (Å²) in [4.78, 5) is 0.607. The van der Waals surface area contributed by atoms with Crippen LogP contribution in [-0.2, 0) is 0 Å². The number of hydrogen-bond donors (Lipinski definition) is 1. The van der Waals surface area contributed by atoms with Crippen molar-refractivity contribution < 1.29 is 13.2 Å². The molecule has 0 amide bonds. The maximum Gasteiger partial charge on any atom is 0.460 e. The van der Waals surface area contributed by atoms with Gasteiger partial charge in [-0.05, 0) is 33.2 Å². The molecule has 0 radical (unpaired) electrons.